The van der Waals surface area contributed by atoms with E-state index in [9.17, 15) is 4.79 Å². The third-order valence-corrected chi connectivity index (χ3v) is 3.45. The molecule has 86 valence electrons. The fraction of sp³-hybridized carbons (Fsp3) is 0.500. The van der Waals surface area contributed by atoms with Gasteiger partial charge < -0.3 is 5.32 Å². The Labute approximate surface area is 100 Å². The summed E-state index contributed by atoms with van der Waals surface area (Å²) in [6, 6.07) is 3.42. The lowest BCUT2D eigenvalue weighted by atomic mass is 9.88. The van der Waals surface area contributed by atoms with E-state index in [0.29, 0.717) is 5.15 Å². The molecule has 0 aromatic carbocycles. The number of nitrogens with zero attached hydrogens (tertiary/aromatic N) is 1. The fourth-order valence-electron chi connectivity index (χ4n) is 2.14. The van der Waals surface area contributed by atoms with Gasteiger partial charge in [-0.2, -0.15) is 0 Å². The first-order valence-electron chi connectivity index (χ1n) is 5.53. The molecule has 4 heteroatoms. The maximum Gasteiger partial charge on any atom is 0.230 e. The number of rotatable bonds is 2. The highest BCUT2D eigenvalue weighted by Crippen LogP contribution is 2.38. The summed E-state index contributed by atoms with van der Waals surface area (Å²) in [5, 5.41) is 3.30. The molecular weight excluding hydrogens is 224 g/mol. The van der Waals surface area contributed by atoms with Gasteiger partial charge in [-0.25, -0.2) is 4.98 Å². The van der Waals surface area contributed by atoms with Gasteiger partial charge in [0.25, 0.3) is 0 Å². The molecule has 0 radical (unpaired) electrons. The number of anilines is 1. The second kappa shape index (κ2) is 4.42. The Morgan fingerprint density at radius 3 is 2.81 bits per heavy atom. The summed E-state index contributed by atoms with van der Waals surface area (Å²) in [4.78, 5) is 15.9. The number of carbonyl (C=O) groups excluding carboxylic acids is 1. The van der Waals surface area contributed by atoms with Gasteiger partial charge in [-0.1, -0.05) is 31.4 Å². The minimum atomic E-state index is -0.213. The maximum absolute atomic E-state index is 12.1. The van der Waals surface area contributed by atoms with Crippen molar-refractivity contribution in [2.45, 2.75) is 32.6 Å². The predicted octanol–water partition coefficient (Wildman–Crippen LogP) is 3.25. The van der Waals surface area contributed by atoms with Crippen LogP contribution in [0.2, 0.25) is 5.15 Å². The van der Waals surface area contributed by atoms with Crippen molar-refractivity contribution in [1.82, 2.24) is 4.98 Å². The van der Waals surface area contributed by atoms with Gasteiger partial charge in [0.1, 0.15) is 5.15 Å². The van der Waals surface area contributed by atoms with Gasteiger partial charge in [-0.05, 0) is 25.0 Å². The first-order valence-corrected chi connectivity index (χ1v) is 5.91. The van der Waals surface area contributed by atoms with Crippen molar-refractivity contribution in [2.75, 3.05) is 5.32 Å². The van der Waals surface area contributed by atoms with Crippen LogP contribution in [0.3, 0.4) is 0 Å². The Morgan fingerprint density at radius 2 is 2.19 bits per heavy atom. The van der Waals surface area contributed by atoms with Crippen LogP contribution in [-0.2, 0) is 4.79 Å². The van der Waals surface area contributed by atoms with E-state index in [1.807, 2.05) is 6.92 Å². The number of aromatic nitrogens is 1. The van der Waals surface area contributed by atoms with Gasteiger partial charge in [-0.15, -0.1) is 0 Å². The van der Waals surface area contributed by atoms with E-state index < -0.39 is 0 Å². The predicted molar refractivity (Wildman–Crippen MR) is 64.5 cm³/mol. The maximum atomic E-state index is 12.1. The zero-order valence-electron chi connectivity index (χ0n) is 9.29. The van der Waals surface area contributed by atoms with Gasteiger partial charge >= 0.3 is 0 Å². The van der Waals surface area contributed by atoms with Crippen LogP contribution in [0, 0.1) is 5.41 Å². The number of hydrogen-bond acceptors (Lipinski definition) is 2. The van der Waals surface area contributed by atoms with Crippen molar-refractivity contribution in [3.8, 4) is 0 Å². The first kappa shape index (κ1) is 11.4. The average Bonchev–Trinajstić information content (AvgIpc) is 2.66. The lowest BCUT2D eigenvalue weighted by Gasteiger charge is -2.22. The second-order valence-corrected chi connectivity index (χ2v) is 4.98. The third-order valence-electron chi connectivity index (χ3n) is 3.24. The van der Waals surface area contributed by atoms with E-state index in [4.69, 9.17) is 11.6 Å². The molecule has 0 bridgehead atoms. The van der Waals surface area contributed by atoms with Crippen molar-refractivity contribution >= 4 is 23.2 Å². The molecule has 3 nitrogen and oxygen atoms in total. The van der Waals surface area contributed by atoms with E-state index in [1.54, 1.807) is 18.3 Å². The molecule has 2 rings (SSSR count). The molecule has 1 heterocycles. The molecule has 0 saturated heterocycles. The van der Waals surface area contributed by atoms with E-state index in [-0.39, 0.29) is 11.3 Å². The van der Waals surface area contributed by atoms with Crippen LogP contribution in [0.4, 0.5) is 5.69 Å². The summed E-state index contributed by atoms with van der Waals surface area (Å²) in [5.74, 6) is 0.0901. The fourth-order valence-corrected chi connectivity index (χ4v) is 2.32. The van der Waals surface area contributed by atoms with Gasteiger partial charge in [0, 0.05) is 17.3 Å². The zero-order valence-corrected chi connectivity index (χ0v) is 10.0. The molecule has 1 aromatic rings. The molecule has 1 amide bonds. The van der Waals surface area contributed by atoms with Crippen molar-refractivity contribution in [1.29, 1.82) is 0 Å². The molecule has 1 aromatic heterocycles. The molecule has 16 heavy (non-hydrogen) atoms. The molecule has 1 aliphatic carbocycles. The number of hydrogen-bond donors (Lipinski definition) is 1. The molecule has 1 saturated carbocycles. The highest BCUT2D eigenvalue weighted by Gasteiger charge is 2.36. The van der Waals surface area contributed by atoms with Gasteiger partial charge in [0.15, 0.2) is 0 Å². The molecule has 1 aliphatic rings. The largest absolute Gasteiger partial charge is 0.325 e. The molecular formula is C12H15ClN2O. The van der Waals surface area contributed by atoms with Crippen LogP contribution in [0.25, 0.3) is 0 Å². The van der Waals surface area contributed by atoms with Gasteiger partial charge in [0.2, 0.25) is 5.91 Å². The number of amides is 1. The Kier molecular flexibility index (Phi) is 3.15. The van der Waals surface area contributed by atoms with Crippen molar-refractivity contribution < 1.29 is 4.79 Å². The number of nitrogens with one attached hydrogen (secondary N) is 1. The van der Waals surface area contributed by atoms with Crippen LogP contribution < -0.4 is 5.32 Å². The van der Waals surface area contributed by atoms with E-state index in [2.05, 4.69) is 10.3 Å². The minimum absolute atomic E-state index is 0.0901. The van der Waals surface area contributed by atoms with Crippen molar-refractivity contribution in [3.05, 3.63) is 23.5 Å². The summed E-state index contributed by atoms with van der Waals surface area (Å²) < 4.78 is 0. The molecule has 1 N–H and O–H groups in total. The van der Waals surface area contributed by atoms with Crippen LogP contribution in [0.1, 0.15) is 32.6 Å². The summed E-state index contributed by atoms with van der Waals surface area (Å²) in [6.45, 7) is 2.03. The number of pyridine rings is 1. The molecule has 0 atom stereocenters. The monoisotopic (exact) mass is 238 g/mol. The second-order valence-electron chi connectivity index (χ2n) is 4.59. The number of halogens is 1. The van der Waals surface area contributed by atoms with Crippen LogP contribution in [0.5, 0.6) is 0 Å². The molecule has 0 unspecified atom stereocenters. The Hall–Kier alpha value is -1.09. The molecule has 0 spiro atoms. The van der Waals surface area contributed by atoms with Crippen molar-refractivity contribution in [3.63, 3.8) is 0 Å². The van der Waals surface area contributed by atoms with Gasteiger partial charge in [-0.3, -0.25) is 4.79 Å². The normalized spacial score (nSPS) is 18.4. The Bertz CT molecular complexity index is 400. The minimum Gasteiger partial charge on any atom is -0.325 e. The SMILES string of the molecule is CC1(C(=O)Nc2ccnc(Cl)c2)CCCC1. The average molecular weight is 239 g/mol. The van der Waals surface area contributed by atoms with Crippen molar-refractivity contribution in [2.24, 2.45) is 5.41 Å². The summed E-state index contributed by atoms with van der Waals surface area (Å²) >= 11 is 5.76. The highest BCUT2D eigenvalue weighted by molar-refractivity contribution is 6.29. The van der Waals surface area contributed by atoms with Crippen LogP contribution in [0.15, 0.2) is 18.3 Å². The number of carbonyl (C=O) groups is 1. The lowest BCUT2D eigenvalue weighted by Crippen LogP contribution is -2.30. The standard InChI is InChI=1S/C12H15ClN2O/c1-12(5-2-3-6-12)11(16)15-9-4-7-14-10(13)8-9/h4,7-8H,2-3,5-6H2,1H3,(H,14,15,16). The van der Waals surface area contributed by atoms with Gasteiger partial charge in [0.05, 0.1) is 0 Å². The summed E-state index contributed by atoms with van der Waals surface area (Å²) in [5.41, 5.74) is 0.508. The lowest BCUT2D eigenvalue weighted by molar-refractivity contribution is -0.124. The van der Waals surface area contributed by atoms with E-state index in [1.165, 1.54) is 0 Å². The molecule has 0 aliphatic heterocycles. The summed E-state index contributed by atoms with van der Waals surface area (Å²) in [7, 11) is 0. The Morgan fingerprint density at radius 1 is 1.50 bits per heavy atom. The van der Waals surface area contributed by atoms with Crippen LogP contribution >= 0.6 is 11.6 Å². The smallest absolute Gasteiger partial charge is 0.230 e. The first-order chi connectivity index (χ1) is 7.60. The van der Waals surface area contributed by atoms with Crippen LogP contribution in [-0.4, -0.2) is 10.9 Å². The topological polar surface area (TPSA) is 42.0 Å². The molecule has 1 fully saturated rings. The summed E-state index contributed by atoms with van der Waals surface area (Å²) in [6.07, 6.45) is 5.81. The van der Waals surface area contributed by atoms with E-state index >= 15 is 0 Å². The van der Waals surface area contributed by atoms with E-state index in [0.717, 1.165) is 31.4 Å². The highest BCUT2D eigenvalue weighted by atomic mass is 35.5. The Balaban J connectivity index is 2.07. The zero-order chi connectivity index (χ0) is 11.6. The quantitative estimate of drug-likeness (QED) is 0.804. The third kappa shape index (κ3) is 2.35.